The topological polar surface area (TPSA) is 26.3 Å². The molecule has 0 spiro atoms. The summed E-state index contributed by atoms with van der Waals surface area (Å²) >= 11 is 1.56. The molecule has 11 heavy (non-hydrogen) atoms. The zero-order chi connectivity index (χ0) is 8.27. The third-order valence-electron chi connectivity index (χ3n) is 1.78. The van der Waals surface area contributed by atoms with Crippen molar-refractivity contribution in [3.63, 3.8) is 0 Å². The lowest BCUT2D eigenvalue weighted by molar-refractivity contribution is -0.141. The van der Waals surface area contributed by atoms with E-state index in [-0.39, 0.29) is 18.3 Å². The number of alkyl halides is 1. The van der Waals surface area contributed by atoms with Crippen LogP contribution in [-0.2, 0) is 9.53 Å². The van der Waals surface area contributed by atoms with Crippen molar-refractivity contribution in [3.05, 3.63) is 0 Å². The quantitative estimate of drug-likeness (QED) is 0.595. The third-order valence-corrected chi connectivity index (χ3v) is 3.00. The van der Waals surface area contributed by atoms with E-state index in [1.165, 1.54) is 7.11 Å². The summed E-state index contributed by atoms with van der Waals surface area (Å²) < 4.78 is 17.3. The standard InChI is InChI=1S/C7H11FO2S/c1-10-7(9)2-5-3-11-4-6(5)8/h5-6H,2-4H2,1H3. The molecule has 0 aromatic rings. The highest BCUT2D eigenvalue weighted by Crippen LogP contribution is 2.29. The van der Waals surface area contributed by atoms with Gasteiger partial charge in [-0.05, 0) is 5.75 Å². The maximum absolute atomic E-state index is 12.9. The Kier molecular flexibility index (Phi) is 3.17. The van der Waals surface area contributed by atoms with Crippen LogP contribution in [-0.4, -0.2) is 30.8 Å². The van der Waals surface area contributed by atoms with Crippen LogP contribution in [0.3, 0.4) is 0 Å². The van der Waals surface area contributed by atoms with Gasteiger partial charge in [-0.3, -0.25) is 4.79 Å². The Hall–Kier alpha value is -0.250. The summed E-state index contributed by atoms with van der Waals surface area (Å²) in [4.78, 5) is 10.7. The van der Waals surface area contributed by atoms with Crippen LogP contribution in [0.5, 0.6) is 0 Å². The summed E-state index contributed by atoms with van der Waals surface area (Å²) in [5.41, 5.74) is 0. The Bertz CT molecular complexity index is 151. The van der Waals surface area contributed by atoms with Gasteiger partial charge in [0.25, 0.3) is 0 Å². The maximum Gasteiger partial charge on any atom is 0.305 e. The van der Waals surface area contributed by atoms with Crippen molar-refractivity contribution in [2.45, 2.75) is 12.6 Å². The summed E-state index contributed by atoms with van der Waals surface area (Å²) in [6.45, 7) is 0. The number of rotatable bonds is 2. The molecule has 0 N–H and O–H groups in total. The monoisotopic (exact) mass is 178 g/mol. The Balaban J connectivity index is 2.30. The van der Waals surface area contributed by atoms with E-state index >= 15 is 0 Å². The Morgan fingerprint density at radius 3 is 2.91 bits per heavy atom. The molecule has 0 aromatic carbocycles. The molecule has 1 aliphatic rings. The molecular weight excluding hydrogens is 167 g/mol. The van der Waals surface area contributed by atoms with E-state index < -0.39 is 6.17 Å². The van der Waals surface area contributed by atoms with Crippen molar-refractivity contribution in [1.29, 1.82) is 0 Å². The molecule has 0 aliphatic carbocycles. The van der Waals surface area contributed by atoms with Crippen molar-refractivity contribution in [2.75, 3.05) is 18.6 Å². The highest BCUT2D eigenvalue weighted by atomic mass is 32.2. The second-order valence-electron chi connectivity index (χ2n) is 2.59. The van der Waals surface area contributed by atoms with E-state index in [1.54, 1.807) is 11.8 Å². The first-order valence-corrected chi connectivity index (χ1v) is 4.68. The van der Waals surface area contributed by atoms with Gasteiger partial charge in [0.05, 0.1) is 13.5 Å². The summed E-state index contributed by atoms with van der Waals surface area (Å²) in [7, 11) is 1.33. The number of halogens is 1. The zero-order valence-electron chi connectivity index (χ0n) is 6.38. The highest BCUT2D eigenvalue weighted by molar-refractivity contribution is 7.99. The minimum atomic E-state index is -0.820. The second-order valence-corrected chi connectivity index (χ2v) is 3.67. The largest absolute Gasteiger partial charge is 0.469 e. The van der Waals surface area contributed by atoms with Gasteiger partial charge >= 0.3 is 5.97 Å². The predicted octanol–water partition coefficient (Wildman–Crippen LogP) is 1.25. The van der Waals surface area contributed by atoms with Crippen LogP contribution in [0.4, 0.5) is 4.39 Å². The zero-order valence-corrected chi connectivity index (χ0v) is 7.20. The molecule has 1 fully saturated rings. The fraction of sp³-hybridized carbons (Fsp3) is 0.857. The van der Waals surface area contributed by atoms with Gasteiger partial charge in [0, 0.05) is 11.7 Å². The van der Waals surface area contributed by atoms with Crippen LogP contribution >= 0.6 is 11.8 Å². The lowest BCUT2D eigenvalue weighted by Gasteiger charge is -2.08. The molecule has 1 heterocycles. The van der Waals surface area contributed by atoms with Gasteiger partial charge in [-0.15, -0.1) is 0 Å². The number of ether oxygens (including phenoxy) is 1. The van der Waals surface area contributed by atoms with Crippen molar-refractivity contribution in [3.8, 4) is 0 Å². The van der Waals surface area contributed by atoms with Gasteiger partial charge in [-0.25, -0.2) is 4.39 Å². The summed E-state index contributed by atoms with van der Waals surface area (Å²) in [5, 5.41) is 0. The van der Waals surface area contributed by atoms with Gasteiger partial charge in [-0.2, -0.15) is 11.8 Å². The van der Waals surface area contributed by atoms with Gasteiger partial charge in [0.1, 0.15) is 6.17 Å². The van der Waals surface area contributed by atoms with E-state index in [9.17, 15) is 9.18 Å². The van der Waals surface area contributed by atoms with Crippen molar-refractivity contribution in [1.82, 2.24) is 0 Å². The lowest BCUT2D eigenvalue weighted by atomic mass is 10.0. The Labute approximate surface area is 69.5 Å². The first kappa shape index (κ1) is 8.84. The summed E-state index contributed by atoms with van der Waals surface area (Å²) in [6.07, 6.45) is -0.593. The normalized spacial score (nSPS) is 30.4. The number of thioether (sulfide) groups is 1. The van der Waals surface area contributed by atoms with Crippen molar-refractivity contribution < 1.29 is 13.9 Å². The lowest BCUT2D eigenvalue weighted by Crippen LogP contribution is -2.18. The van der Waals surface area contributed by atoms with Crippen molar-refractivity contribution >= 4 is 17.7 Å². The predicted molar refractivity (Wildman–Crippen MR) is 42.3 cm³/mol. The molecule has 4 heteroatoms. The fourth-order valence-corrected chi connectivity index (χ4v) is 2.32. The average molecular weight is 178 g/mol. The molecule has 0 aromatic heterocycles. The van der Waals surface area contributed by atoms with Gasteiger partial charge in [-0.1, -0.05) is 0 Å². The number of hydrogen-bond donors (Lipinski definition) is 0. The molecule has 1 aliphatic heterocycles. The molecular formula is C7H11FO2S. The maximum atomic E-state index is 12.9. The third kappa shape index (κ3) is 2.36. The van der Waals surface area contributed by atoms with Crippen LogP contribution in [0.1, 0.15) is 6.42 Å². The van der Waals surface area contributed by atoms with Crippen LogP contribution in [0, 0.1) is 5.92 Å². The minimum Gasteiger partial charge on any atom is -0.469 e. The average Bonchev–Trinajstić information content (AvgIpc) is 2.37. The number of esters is 1. The molecule has 0 radical (unpaired) electrons. The molecule has 0 saturated carbocycles. The number of carbonyl (C=O) groups is 1. The summed E-state index contributed by atoms with van der Waals surface area (Å²) in [5.74, 6) is 0.852. The highest BCUT2D eigenvalue weighted by Gasteiger charge is 2.29. The van der Waals surface area contributed by atoms with Crippen molar-refractivity contribution in [2.24, 2.45) is 5.92 Å². The first-order chi connectivity index (χ1) is 5.24. The van der Waals surface area contributed by atoms with Crippen LogP contribution in [0.25, 0.3) is 0 Å². The second kappa shape index (κ2) is 3.95. The Morgan fingerprint density at radius 2 is 2.45 bits per heavy atom. The van der Waals surface area contributed by atoms with Gasteiger partial charge in [0.15, 0.2) is 0 Å². The number of hydrogen-bond acceptors (Lipinski definition) is 3. The van der Waals surface area contributed by atoms with Gasteiger partial charge in [0.2, 0.25) is 0 Å². The fourth-order valence-electron chi connectivity index (χ4n) is 1.06. The molecule has 0 bridgehead atoms. The van der Waals surface area contributed by atoms with Crippen LogP contribution in [0.2, 0.25) is 0 Å². The van der Waals surface area contributed by atoms with E-state index in [1.807, 2.05) is 0 Å². The smallest absolute Gasteiger partial charge is 0.305 e. The number of carbonyl (C=O) groups excluding carboxylic acids is 1. The SMILES string of the molecule is COC(=O)CC1CSCC1F. The minimum absolute atomic E-state index is 0.118. The Morgan fingerprint density at radius 1 is 1.73 bits per heavy atom. The molecule has 2 nitrogen and oxygen atoms in total. The molecule has 1 saturated heterocycles. The molecule has 1 rings (SSSR count). The van der Waals surface area contributed by atoms with E-state index in [4.69, 9.17) is 0 Å². The molecule has 0 amide bonds. The van der Waals surface area contributed by atoms with E-state index in [0.29, 0.717) is 5.75 Å². The summed E-state index contributed by atoms with van der Waals surface area (Å²) in [6, 6.07) is 0. The molecule has 64 valence electrons. The first-order valence-electron chi connectivity index (χ1n) is 3.52. The van der Waals surface area contributed by atoms with Crippen LogP contribution in [0.15, 0.2) is 0 Å². The number of methoxy groups -OCH3 is 1. The van der Waals surface area contributed by atoms with E-state index in [0.717, 1.165) is 5.75 Å². The van der Waals surface area contributed by atoms with E-state index in [2.05, 4.69) is 4.74 Å². The van der Waals surface area contributed by atoms with Crippen LogP contribution < -0.4 is 0 Å². The molecule has 2 atom stereocenters. The molecule has 2 unspecified atom stereocenters. The van der Waals surface area contributed by atoms with Gasteiger partial charge < -0.3 is 4.74 Å².